The SMILES string of the molecule is CC1CCCN(C(=O)C2CCCCCC2N)C1. The summed E-state index contributed by atoms with van der Waals surface area (Å²) in [5.41, 5.74) is 6.17. The molecular weight excluding hydrogens is 212 g/mol. The predicted octanol–water partition coefficient (Wildman–Crippen LogP) is 2.15. The molecule has 0 bridgehead atoms. The normalized spacial score (nSPS) is 35.4. The van der Waals surface area contributed by atoms with Crippen molar-refractivity contribution < 1.29 is 4.79 Å². The molecule has 3 atom stereocenters. The summed E-state index contributed by atoms with van der Waals surface area (Å²) in [5, 5.41) is 0. The highest BCUT2D eigenvalue weighted by Gasteiger charge is 2.32. The molecule has 1 aliphatic carbocycles. The van der Waals surface area contributed by atoms with Crippen LogP contribution >= 0.6 is 0 Å². The number of rotatable bonds is 1. The summed E-state index contributed by atoms with van der Waals surface area (Å²) in [6, 6.07) is 0.0993. The number of carbonyl (C=O) groups excluding carboxylic acids is 1. The maximum Gasteiger partial charge on any atom is 0.227 e. The average Bonchev–Trinajstić information content (AvgIpc) is 2.53. The molecule has 1 heterocycles. The quantitative estimate of drug-likeness (QED) is 0.712. The summed E-state index contributed by atoms with van der Waals surface area (Å²) in [6.45, 7) is 4.14. The van der Waals surface area contributed by atoms with Gasteiger partial charge in [-0.15, -0.1) is 0 Å². The fourth-order valence-electron chi connectivity index (χ4n) is 3.27. The lowest BCUT2D eigenvalue weighted by Crippen LogP contribution is -2.47. The summed E-state index contributed by atoms with van der Waals surface area (Å²) in [6.07, 6.45) is 8.07. The Morgan fingerprint density at radius 3 is 2.65 bits per heavy atom. The molecule has 0 aromatic rings. The molecule has 1 saturated heterocycles. The van der Waals surface area contributed by atoms with Crippen LogP contribution in [-0.2, 0) is 4.79 Å². The molecule has 2 aliphatic rings. The molecule has 1 saturated carbocycles. The van der Waals surface area contributed by atoms with Crippen molar-refractivity contribution in [2.75, 3.05) is 13.1 Å². The summed E-state index contributed by atoms with van der Waals surface area (Å²) in [5.74, 6) is 1.10. The molecule has 3 nitrogen and oxygen atoms in total. The van der Waals surface area contributed by atoms with E-state index in [2.05, 4.69) is 11.8 Å². The second-order valence-corrected chi connectivity index (χ2v) is 5.94. The maximum atomic E-state index is 12.5. The zero-order chi connectivity index (χ0) is 12.3. The van der Waals surface area contributed by atoms with E-state index in [0.29, 0.717) is 11.8 Å². The Hall–Kier alpha value is -0.570. The van der Waals surface area contributed by atoms with E-state index in [1.807, 2.05) is 0 Å². The number of hydrogen-bond acceptors (Lipinski definition) is 2. The summed E-state index contributed by atoms with van der Waals surface area (Å²) < 4.78 is 0. The Bertz CT molecular complexity index is 267. The molecule has 3 unspecified atom stereocenters. The van der Waals surface area contributed by atoms with E-state index in [9.17, 15) is 4.79 Å². The van der Waals surface area contributed by atoms with Crippen LogP contribution in [-0.4, -0.2) is 29.9 Å². The number of hydrogen-bond donors (Lipinski definition) is 1. The van der Waals surface area contributed by atoms with Gasteiger partial charge in [0.15, 0.2) is 0 Å². The number of carbonyl (C=O) groups is 1. The molecule has 0 radical (unpaired) electrons. The van der Waals surface area contributed by atoms with Crippen molar-refractivity contribution in [3.63, 3.8) is 0 Å². The van der Waals surface area contributed by atoms with Gasteiger partial charge < -0.3 is 10.6 Å². The first-order valence-electron chi connectivity index (χ1n) is 7.23. The second-order valence-electron chi connectivity index (χ2n) is 5.94. The number of amides is 1. The third-order valence-electron chi connectivity index (χ3n) is 4.36. The first-order valence-corrected chi connectivity index (χ1v) is 7.23. The fraction of sp³-hybridized carbons (Fsp3) is 0.929. The van der Waals surface area contributed by atoms with Crippen molar-refractivity contribution in [3.05, 3.63) is 0 Å². The third-order valence-corrected chi connectivity index (χ3v) is 4.36. The van der Waals surface area contributed by atoms with Crippen molar-refractivity contribution in [1.29, 1.82) is 0 Å². The Kier molecular flexibility index (Phi) is 4.43. The Morgan fingerprint density at radius 1 is 1.12 bits per heavy atom. The Balaban J connectivity index is 1.97. The molecule has 2 fully saturated rings. The molecule has 17 heavy (non-hydrogen) atoms. The lowest BCUT2D eigenvalue weighted by Gasteiger charge is -2.34. The zero-order valence-corrected chi connectivity index (χ0v) is 11.0. The second kappa shape index (κ2) is 5.85. The number of likely N-dealkylation sites (tertiary alicyclic amines) is 1. The van der Waals surface area contributed by atoms with Gasteiger partial charge in [0.05, 0.1) is 5.92 Å². The van der Waals surface area contributed by atoms with Gasteiger partial charge in [-0.2, -0.15) is 0 Å². The van der Waals surface area contributed by atoms with Crippen LogP contribution < -0.4 is 5.73 Å². The molecule has 2 N–H and O–H groups in total. The van der Waals surface area contributed by atoms with Crippen LogP contribution in [0.25, 0.3) is 0 Å². The average molecular weight is 238 g/mol. The van der Waals surface area contributed by atoms with Crippen LogP contribution in [0.2, 0.25) is 0 Å². The maximum absolute atomic E-state index is 12.5. The summed E-state index contributed by atoms with van der Waals surface area (Å²) >= 11 is 0. The van der Waals surface area contributed by atoms with Crippen molar-refractivity contribution in [3.8, 4) is 0 Å². The van der Waals surface area contributed by atoms with Crippen LogP contribution in [0.4, 0.5) is 0 Å². The van der Waals surface area contributed by atoms with Gasteiger partial charge in [0.2, 0.25) is 5.91 Å². The number of piperidine rings is 1. The molecule has 0 aromatic heterocycles. The monoisotopic (exact) mass is 238 g/mol. The summed E-state index contributed by atoms with van der Waals surface area (Å²) in [7, 11) is 0. The van der Waals surface area contributed by atoms with Gasteiger partial charge in [0, 0.05) is 19.1 Å². The van der Waals surface area contributed by atoms with Crippen molar-refractivity contribution in [2.24, 2.45) is 17.6 Å². The van der Waals surface area contributed by atoms with Crippen molar-refractivity contribution in [2.45, 2.75) is 57.9 Å². The minimum absolute atomic E-state index is 0.0993. The molecule has 1 aliphatic heterocycles. The van der Waals surface area contributed by atoms with E-state index in [-0.39, 0.29) is 12.0 Å². The topological polar surface area (TPSA) is 46.3 Å². The molecule has 0 aromatic carbocycles. The standard InChI is InChI=1S/C14H26N2O/c1-11-6-5-9-16(10-11)14(17)12-7-3-2-4-8-13(12)15/h11-13H,2-10,15H2,1H3. The van der Waals surface area contributed by atoms with Gasteiger partial charge in [-0.05, 0) is 31.6 Å². The van der Waals surface area contributed by atoms with E-state index in [0.717, 1.165) is 32.4 Å². The molecule has 98 valence electrons. The van der Waals surface area contributed by atoms with Crippen LogP contribution in [0, 0.1) is 11.8 Å². The van der Waals surface area contributed by atoms with Crippen LogP contribution in [0.15, 0.2) is 0 Å². The third kappa shape index (κ3) is 3.21. The van der Waals surface area contributed by atoms with Crippen LogP contribution in [0.3, 0.4) is 0 Å². The van der Waals surface area contributed by atoms with E-state index >= 15 is 0 Å². The highest BCUT2D eigenvalue weighted by molar-refractivity contribution is 5.79. The van der Waals surface area contributed by atoms with Crippen molar-refractivity contribution >= 4 is 5.91 Å². The van der Waals surface area contributed by atoms with Gasteiger partial charge in [0.25, 0.3) is 0 Å². The van der Waals surface area contributed by atoms with Crippen LogP contribution in [0.1, 0.15) is 51.9 Å². The van der Waals surface area contributed by atoms with E-state index in [1.54, 1.807) is 0 Å². The number of nitrogens with zero attached hydrogens (tertiary/aromatic N) is 1. The molecular formula is C14H26N2O. The first-order chi connectivity index (χ1) is 8.18. The minimum Gasteiger partial charge on any atom is -0.342 e. The van der Waals surface area contributed by atoms with E-state index in [4.69, 9.17) is 5.73 Å². The van der Waals surface area contributed by atoms with Gasteiger partial charge in [0.1, 0.15) is 0 Å². The lowest BCUT2D eigenvalue weighted by atomic mass is 9.92. The largest absolute Gasteiger partial charge is 0.342 e. The van der Waals surface area contributed by atoms with E-state index in [1.165, 1.54) is 25.7 Å². The van der Waals surface area contributed by atoms with Crippen LogP contribution in [0.5, 0.6) is 0 Å². The first kappa shape index (κ1) is 12.9. The van der Waals surface area contributed by atoms with Gasteiger partial charge in [-0.1, -0.05) is 26.2 Å². The highest BCUT2D eigenvalue weighted by atomic mass is 16.2. The molecule has 2 rings (SSSR count). The Labute approximate surface area is 105 Å². The van der Waals surface area contributed by atoms with Gasteiger partial charge >= 0.3 is 0 Å². The molecule has 3 heteroatoms. The fourth-order valence-corrected chi connectivity index (χ4v) is 3.27. The minimum atomic E-state index is 0.0993. The number of nitrogens with two attached hydrogens (primary N) is 1. The van der Waals surface area contributed by atoms with Crippen molar-refractivity contribution in [1.82, 2.24) is 4.90 Å². The molecule has 1 amide bonds. The highest BCUT2D eigenvalue weighted by Crippen LogP contribution is 2.26. The zero-order valence-electron chi connectivity index (χ0n) is 11.0. The van der Waals surface area contributed by atoms with Gasteiger partial charge in [-0.25, -0.2) is 0 Å². The Morgan fingerprint density at radius 2 is 1.88 bits per heavy atom. The predicted molar refractivity (Wildman–Crippen MR) is 69.5 cm³/mol. The van der Waals surface area contributed by atoms with Gasteiger partial charge in [-0.3, -0.25) is 4.79 Å². The smallest absolute Gasteiger partial charge is 0.227 e. The summed E-state index contributed by atoms with van der Waals surface area (Å²) in [4.78, 5) is 14.6. The molecule has 0 spiro atoms. The lowest BCUT2D eigenvalue weighted by molar-refractivity contribution is -0.138. The van der Waals surface area contributed by atoms with E-state index < -0.39 is 0 Å².